The van der Waals surface area contributed by atoms with Gasteiger partial charge < -0.3 is 24.0 Å². The molecule has 0 radical (unpaired) electrons. The van der Waals surface area contributed by atoms with Crippen molar-refractivity contribution in [3.05, 3.63) is 40.6 Å². The van der Waals surface area contributed by atoms with Gasteiger partial charge in [-0.3, -0.25) is 4.79 Å². The molecule has 0 aliphatic carbocycles. The number of rotatable bonds is 5. The zero-order valence-electron chi connectivity index (χ0n) is 17.0. The number of carbonyl (C=O) groups is 2. The first-order chi connectivity index (χ1) is 14.7. The second-order valence-electron chi connectivity index (χ2n) is 7.29. The summed E-state index contributed by atoms with van der Waals surface area (Å²) in [5.74, 6) is 1.31. The van der Waals surface area contributed by atoms with Crippen LogP contribution in [0, 0.1) is 5.92 Å². The van der Waals surface area contributed by atoms with Gasteiger partial charge in [-0.1, -0.05) is 6.07 Å². The Labute approximate surface area is 180 Å². The predicted molar refractivity (Wildman–Crippen MR) is 114 cm³/mol. The lowest BCUT2D eigenvalue weighted by Crippen LogP contribution is -2.44. The Morgan fingerprint density at radius 1 is 1.17 bits per heavy atom. The number of ether oxygens (including phenoxy) is 3. The van der Waals surface area contributed by atoms with Crippen molar-refractivity contribution < 1.29 is 23.8 Å². The predicted octanol–water partition coefficient (Wildman–Crippen LogP) is 3.92. The molecule has 1 aromatic heterocycles. The van der Waals surface area contributed by atoms with Crippen LogP contribution >= 0.6 is 11.3 Å². The quantitative estimate of drug-likeness (QED) is 0.719. The van der Waals surface area contributed by atoms with E-state index in [0.717, 1.165) is 10.6 Å². The van der Waals surface area contributed by atoms with Gasteiger partial charge in [0.15, 0.2) is 11.5 Å². The second-order valence-corrected chi connectivity index (χ2v) is 8.32. The van der Waals surface area contributed by atoms with Gasteiger partial charge >= 0.3 is 6.09 Å². The van der Waals surface area contributed by atoms with Crippen molar-refractivity contribution >= 4 is 29.0 Å². The molecule has 2 aliphatic rings. The summed E-state index contributed by atoms with van der Waals surface area (Å²) in [6.45, 7) is 4.76. The number of amides is 2. The van der Waals surface area contributed by atoms with Crippen molar-refractivity contribution in [2.45, 2.75) is 26.3 Å². The monoisotopic (exact) mass is 430 g/mol. The summed E-state index contributed by atoms with van der Waals surface area (Å²) in [6, 6.07) is 9.68. The molecule has 1 aromatic carbocycles. The Morgan fingerprint density at radius 3 is 2.63 bits per heavy atom. The third kappa shape index (κ3) is 4.53. The van der Waals surface area contributed by atoms with Crippen molar-refractivity contribution in [3.63, 3.8) is 0 Å². The van der Waals surface area contributed by atoms with E-state index in [-0.39, 0.29) is 17.9 Å². The summed E-state index contributed by atoms with van der Waals surface area (Å²) in [5.41, 5.74) is 0.797. The SMILES string of the molecule is CCOC(=O)N1CCC(C(=O)N(Cc2cccs2)c2ccc3c(c2)OCCO3)CC1. The molecule has 160 valence electrons. The third-order valence-corrected chi connectivity index (χ3v) is 6.23. The van der Waals surface area contributed by atoms with E-state index in [1.807, 2.05) is 40.6 Å². The van der Waals surface area contributed by atoms with E-state index in [2.05, 4.69) is 0 Å². The molecule has 0 saturated carbocycles. The van der Waals surface area contributed by atoms with Gasteiger partial charge in [-0.05, 0) is 43.3 Å². The zero-order valence-corrected chi connectivity index (χ0v) is 17.9. The average molecular weight is 431 g/mol. The van der Waals surface area contributed by atoms with Crippen molar-refractivity contribution in [3.8, 4) is 11.5 Å². The Balaban J connectivity index is 1.51. The summed E-state index contributed by atoms with van der Waals surface area (Å²) in [5, 5.41) is 2.01. The zero-order chi connectivity index (χ0) is 20.9. The fourth-order valence-electron chi connectivity index (χ4n) is 3.80. The molecule has 1 saturated heterocycles. The summed E-state index contributed by atoms with van der Waals surface area (Å²) in [4.78, 5) is 30.1. The van der Waals surface area contributed by atoms with Crippen LogP contribution in [0.4, 0.5) is 10.5 Å². The topological polar surface area (TPSA) is 68.3 Å². The van der Waals surface area contributed by atoms with Gasteiger partial charge in [-0.15, -0.1) is 11.3 Å². The molecule has 8 heteroatoms. The first-order valence-electron chi connectivity index (χ1n) is 10.3. The van der Waals surface area contributed by atoms with Crippen LogP contribution in [0.3, 0.4) is 0 Å². The normalized spacial score (nSPS) is 16.2. The fourth-order valence-corrected chi connectivity index (χ4v) is 4.49. The van der Waals surface area contributed by atoms with Gasteiger partial charge in [0, 0.05) is 35.6 Å². The summed E-state index contributed by atoms with van der Waals surface area (Å²) in [6.07, 6.45) is 0.956. The van der Waals surface area contributed by atoms with Gasteiger partial charge in [0.05, 0.1) is 13.2 Å². The van der Waals surface area contributed by atoms with E-state index in [9.17, 15) is 9.59 Å². The minimum absolute atomic E-state index is 0.0728. The highest BCUT2D eigenvalue weighted by molar-refractivity contribution is 7.09. The van der Waals surface area contributed by atoms with Crippen LogP contribution in [-0.4, -0.2) is 49.8 Å². The summed E-state index contributed by atoms with van der Waals surface area (Å²) < 4.78 is 16.4. The maximum atomic E-state index is 13.5. The van der Waals surface area contributed by atoms with Crippen LogP contribution in [-0.2, 0) is 16.1 Å². The first-order valence-corrected chi connectivity index (χ1v) is 11.2. The number of hydrogen-bond acceptors (Lipinski definition) is 6. The summed E-state index contributed by atoms with van der Waals surface area (Å²) >= 11 is 1.63. The number of thiophene rings is 1. The molecule has 3 heterocycles. The van der Waals surface area contributed by atoms with Crippen LogP contribution in [0.2, 0.25) is 0 Å². The number of fused-ring (bicyclic) bond motifs is 1. The van der Waals surface area contributed by atoms with E-state index in [1.165, 1.54) is 0 Å². The van der Waals surface area contributed by atoms with Crippen LogP contribution in [0.5, 0.6) is 11.5 Å². The van der Waals surface area contributed by atoms with E-state index in [0.29, 0.717) is 63.8 Å². The molecule has 4 rings (SSSR count). The van der Waals surface area contributed by atoms with Gasteiger partial charge in [0.25, 0.3) is 0 Å². The second kappa shape index (κ2) is 9.38. The minimum Gasteiger partial charge on any atom is -0.486 e. The maximum Gasteiger partial charge on any atom is 0.409 e. The van der Waals surface area contributed by atoms with Crippen LogP contribution < -0.4 is 14.4 Å². The molecule has 0 spiro atoms. The molecule has 0 bridgehead atoms. The van der Waals surface area contributed by atoms with E-state index in [4.69, 9.17) is 14.2 Å². The largest absolute Gasteiger partial charge is 0.486 e. The number of anilines is 1. The molecule has 2 aromatic rings. The molecule has 0 atom stereocenters. The molecule has 7 nitrogen and oxygen atoms in total. The van der Waals surface area contributed by atoms with E-state index >= 15 is 0 Å². The molecular weight excluding hydrogens is 404 g/mol. The number of benzene rings is 1. The first kappa shape index (κ1) is 20.5. The third-order valence-electron chi connectivity index (χ3n) is 5.37. The minimum atomic E-state index is -0.300. The maximum absolute atomic E-state index is 13.5. The lowest BCUT2D eigenvalue weighted by Gasteiger charge is -2.34. The molecule has 2 amide bonds. The van der Waals surface area contributed by atoms with Crippen molar-refractivity contribution in [1.29, 1.82) is 0 Å². The number of piperidine rings is 1. The van der Waals surface area contributed by atoms with Gasteiger partial charge in [0.2, 0.25) is 5.91 Å². The average Bonchev–Trinajstić information content (AvgIpc) is 3.30. The molecule has 2 aliphatic heterocycles. The number of carbonyl (C=O) groups excluding carboxylic acids is 2. The molecule has 0 unspecified atom stereocenters. The van der Waals surface area contributed by atoms with Gasteiger partial charge in [-0.25, -0.2) is 4.79 Å². The van der Waals surface area contributed by atoms with Crippen molar-refractivity contribution in [2.75, 3.05) is 37.8 Å². The number of nitrogens with zero attached hydrogens (tertiary/aromatic N) is 2. The highest BCUT2D eigenvalue weighted by Gasteiger charge is 2.32. The lowest BCUT2D eigenvalue weighted by molar-refractivity contribution is -0.123. The van der Waals surface area contributed by atoms with Crippen LogP contribution in [0.15, 0.2) is 35.7 Å². The molecular formula is C22H26N2O5S. The highest BCUT2D eigenvalue weighted by atomic mass is 32.1. The smallest absolute Gasteiger partial charge is 0.409 e. The van der Waals surface area contributed by atoms with Crippen LogP contribution in [0.25, 0.3) is 0 Å². The Hall–Kier alpha value is -2.74. The van der Waals surface area contributed by atoms with E-state index < -0.39 is 0 Å². The molecule has 30 heavy (non-hydrogen) atoms. The molecule has 0 N–H and O–H groups in total. The molecule has 1 fully saturated rings. The highest BCUT2D eigenvalue weighted by Crippen LogP contribution is 2.36. The summed E-state index contributed by atoms with van der Waals surface area (Å²) in [7, 11) is 0. The van der Waals surface area contributed by atoms with Gasteiger partial charge in [-0.2, -0.15) is 0 Å². The fraction of sp³-hybridized carbons (Fsp3) is 0.455. The number of likely N-dealkylation sites (tertiary alicyclic amines) is 1. The Bertz CT molecular complexity index is 878. The van der Waals surface area contributed by atoms with Gasteiger partial charge in [0.1, 0.15) is 13.2 Å². The number of hydrogen-bond donors (Lipinski definition) is 0. The van der Waals surface area contributed by atoms with Crippen LogP contribution in [0.1, 0.15) is 24.6 Å². The Morgan fingerprint density at radius 2 is 1.93 bits per heavy atom. The lowest BCUT2D eigenvalue weighted by atomic mass is 9.95. The van der Waals surface area contributed by atoms with E-state index in [1.54, 1.807) is 23.2 Å². The van der Waals surface area contributed by atoms with Crippen molar-refractivity contribution in [2.24, 2.45) is 5.92 Å². The Kier molecular flexibility index (Phi) is 6.42. The standard InChI is InChI=1S/C22H26N2O5S/c1-2-27-22(26)23-9-7-16(8-10-23)21(25)24(15-18-4-3-13-30-18)17-5-6-19-20(14-17)29-12-11-28-19/h3-6,13-14,16H,2,7-12,15H2,1H3. The van der Waals surface area contributed by atoms with Crippen molar-refractivity contribution in [1.82, 2.24) is 4.90 Å².